The number of phenolic OH excluding ortho intramolecular Hbond substituents is 1. The first-order valence-corrected chi connectivity index (χ1v) is 18.7. The second-order valence-electron chi connectivity index (χ2n) is 15.0. The van der Waals surface area contributed by atoms with Crippen LogP contribution in [0.4, 0.5) is 34.8 Å². The maximum Gasteiger partial charge on any atom is 0.263 e. The average Bonchev–Trinajstić information content (AvgIpc) is 3.75. The Morgan fingerprint density at radius 3 is 2.58 bits per heavy atom. The standard InChI is InChI=1S/C39H37F4N9O5/c40-27-3-1-2-25(33(27)54)29-14-31-34(48-47-29)45-20-39(38(42)43)15-24(19-52(31)39)57-36-28(41)12-21(16-44-36)17-49-8-10-50(11-9-49)23-5-4-22-18-51(37(56)26(22)13-23)30-6-7-32(53)46-35(30)55/h1-5,12-14,16,24,30,38,54H,6-11,15,17-20H2,(H,45,48)(H,46,53,55)/t24-,30?,39+/m1/s1. The monoisotopic (exact) mass is 787 g/mol. The summed E-state index contributed by atoms with van der Waals surface area (Å²) in [4.78, 5) is 48.9. The summed E-state index contributed by atoms with van der Waals surface area (Å²) < 4.78 is 65.3. The summed E-state index contributed by atoms with van der Waals surface area (Å²) in [6, 6.07) is 11.8. The number of piperidine rings is 1. The number of phenols is 1. The van der Waals surface area contributed by atoms with E-state index in [1.807, 2.05) is 18.2 Å². The number of ether oxygens (including phenoxy) is 1. The Morgan fingerprint density at radius 2 is 1.81 bits per heavy atom. The molecule has 7 heterocycles. The van der Waals surface area contributed by atoms with E-state index in [0.29, 0.717) is 56.8 Å². The van der Waals surface area contributed by atoms with E-state index in [1.54, 1.807) is 0 Å². The second-order valence-corrected chi connectivity index (χ2v) is 15.0. The summed E-state index contributed by atoms with van der Waals surface area (Å²) in [5.41, 5.74) is 1.58. The van der Waals surface area contributed by atoms with Crippen LogP contribution in [0.25, 0.3) is 11.3 Å². The van der Waals surface area contributed by atoms with Crippen molar-refractivity contribution in [2.24, 2.45) is 0 Å². The normalized spacial score (nSPS) is 23.3. The zero-order valence-electron chi connectivity index (χ0n) is 30.4. The molecule has 0 radical (unpaired) electrons. The Kier molecular flexibility index (Phi) is 9.09. The number of nitrogens with zero attached hydrogens (tertiary/aromatic N) is 7. The summed E-state index contributed by atoms with van der Waals surface area (Å²) in [5, 5.41) is 23.7. The molecule has 2 aromatic heterocycles. The Bertz CT molecular complexity index is 2290. The minimum absolute atomic E-state index is 0.0388. The fourth-order valence-corrected chi connectivity index (χ4v) is 8.58. The van der Waals surface area contributed by atoms with Crippen LogP contribution in [0.2, 0.25) is 0 Å². The molecule has 5 aliphatic heterocycles. The number of amides is 3. The first-order chi connectivity index (χ1) is 27.5. The van der Waals surface area contributed by atoms with Gasteiger partial charge in [-0.3, -0.25) is 24.6 Å². The number of hydrogen-bond donors (Lipinski definition) is 3. The Balaban J connectivity index is 0.828. The lowest BCUT2D eigenvalue weighted by atomic mass is 9.93. The number of rotatable bonds is 8. The van der Waals surface area contributed by atoms with Crippen LogP contribution < -0.4 is 25.2 Å². The number of halogens is 4. The summed E-state index contributed by atoms with van der Waals surface area (Å²) >= 11 is 0. The van der Waals surface area contributed by atoms with Crippen molar-refractivity contribution in [1.82, 2.24) is 30.3 Å². The minimum atomic E-state index is -2.83. The van der Waals surface area contributed by atoms with Gasteiger partial charge in [0.2, 0.25) is 11.8 Å². The number of imide groups is 1. The SMILES string of the molecule is O=C1CCC(N2Cc3ccc(N4CCN(Cc5cnc(O[C@H]6CN7c8cc(-c9cccc(F)c9O)nnc8NC[C@]7(C(F)F)C6)c(F)c5)CC4)cc3C2=O)C(=O)N1. The van der Waals surface area contributed by atoms with E-state index in [0.717, 1.165) is 17.3 Å². The zero-order valence-corrected chi connectivity index (χ0v) is 30.4. The lowest BCUT2D eigenvalue weighted by Gasteiger charge is -2.43. The van der Waals surface area contributed by atoms with Gasteiger partial charge in [0, 0.05) is 81.7 Å². The van der Waals surface area contributed by atoms with Gasteiger partial charge in [-0.05, 0) is 53.9 Å². The highest BCUT2D eigenvalue weighted by molar-refractivity contribution is 6.05. The molecule has 3 amide bonds. The molecular weight excluding hydrogens is 750 g/mol. The molecule has 0 bridgehead atoms. The van der Waals surface area contributed by atoms with Crippen LogP contribution in [0.15, 0.2) is 54.7 Å². The first-order valence-electron chi connectivity index (χ1n) is 18.7. The number of alkyl halides is 2. The minimum Gasteiger partial charge on any atom is -0.504 e. The molecule has 57 heavy (non-hydrogen) atoms. The van der Waals surface area contributed by atoms with Crippen molar-refractivity contribution in [3.63, 3.8) is 0 Å². The fourth-order valence-electron chi connectivity index (χ4n) is 8.58. The maximum absolute atomic E-state index is 15.5. The van der Waals surface area contributed by atoms with Gasteiger partial charge in [-0.1, -0.05) is 12.1 Å². The molecule has 1 unspecified atom stereocenters. The van der Waals surface area contributed by atoms with Gasteiger partial charge in [-0.15, -0.1) is 10.2 Å². The molecule has 3 saturated heterocycles. The first kappa shape index (κ1) is 36.6. The van der Waals surface area contributed by atoms with E-state index in [-0.39, 0.29) is 66.4 Å². The van der Waals surface area contributed by atoms with Crippen molar-refractivity contribution >= 4 is 34.9 Å². The van der Waals surface area contributed by atoms with E-state index in [1.165, 1.54) is 40.3 Å². The van der Waals surface area contributed by atoms with Crippen molar-refractivity contribution in [1.29, 1.82) is 0 Å². The van der Waals surface area contributed by atoms with Gasteiger partial charge in [-0.2, -0.15) is 0 Å². The van der Waals surface area contributed by atoms with Gasteiger partial charge in [0.15, 0.2) is 23.2 Å². The van der Waals surface area contributed by atoms with E-state index >= 15 is 4.39 Å². The third-order valence-corrected chi connectivity index (χ3v) is 11.6. The third-order valence-electron chi connectivity index (χ3n) is 11.6. The van der Waals surface area contributed by atoms with Gasteiger partial charge in [0.25, 0.3) is 18.2 Å². The number of para-hydroxylation sites is 1. The number of pyridine rings is 1. The molecule has 0 saturated carbocycles. The smallest absolute Gasteiger partial charge is 0.263 e. The Morgan fingerprint density at radius 1 is 0.982 bits per heavy atom. The van der Waals surface area contributed by atoms with Crippen molar-refractivity contribution in [3.8, 4) is 22.9 Å². The number of aromatic hydroxyl groups is 1. The fraction of sp³-hybridized carbons (Fsp3) is 0.385. The predicted octanol–water partition coefficient (Wildman–Crippen LogP) is 3.69. The largest absolute Gasteiger partial charge is 0.504 e. The highest BCUT2D eigenvalue weighted by Gasteiger charge is 2.56. The quantitative estimate of drug-likeness (QED) is 0.176. The zero-order chi connectivity index (χ0) is 39.6. The molecule has 9 rings (SSSR count). The number of nitrogens with one attached hydrogen (secondary N) is 2. The lowest BCUT2D eigenvalue weighted by molar-refractivity contribution is -0.136. The van der Waals surface area contributed by atoms with Gasteiger partial charge in [-0.25, -0.2) is 22.5 Å². The summed E-state index contributed by atoms with van der Waals surface area (Å²) in [7, 11) is 0. The molecule has 4 aromatic rings. The molecule has 14 nitrogen and oxygen atoms in total. The maximum atomic E-state index is 15.5. The molecule has 5 aliphatic rings. The van der Waals surface area contributed by atoms with Crippen molar-refractivity contribution < 1.29 is 41.8 Å². The number of benzene rings is 2. The van der Waals surface area contributed by atoms with Crippen LogP contribution in [0.3, 0.4) is 0 Å². The highest BCUT2D eigenvalue weighted by atomic mass is 19.3. The topological polar surface area (TPSA) is 156 Å². The van der Waals surface area contributed by atoms with Crippen LogP contribution in [0.5, 0.6) is 11.6 Å². The predicted molar refractivity (Wildman–Crippen MR) is 197 cm³/mol. The molecule has 18 heteroatoms. The number of hydrogen-bond acceptors (Lipinski definition) is 12. The van der Waals surface area contributed by atoms with E-state index in [4.69, 9.17) is 4.74 Å². The Hall–Kier alpha value is -6.04. The number of fused-ring (bicyclic) bond motifs is 4. The van der Waals surface area contributed by atoms with E-state index in [2.05, 4.69) is 35.6 Å². The summed E-state index contributed by atoms with van der Waals surface area (Å²) in [5.74, 6) is -3.28. The highest BCUT2D eigenvalue weighted by Crippen LogP contribution is 2.46. The summed E-state index contributed by atoms with van der Waals surface area (Å²) in [6.45, 7) is 3.13. The molecule has 0 aliphatic carbocycles. The van der Waals surface area contributed by atoms with Crippen LogP contribution >= 0.6 is 0 Å². The third kappa shape index (κ3) is 6.50. The molecule has 3 N–H and O–H groups in total. The number of carbonyl (C=O) groups is 3. The molecule has 3 fully saturated rings. The number of aromatic nitrogens is 3. The number of carbonyl (C=O) groups excluding carboxylic acids is 3. The molecule has 296 valence electrons. The van der Waals surface area contributed by atoms with E-state index < -0.39 is 47.4 Å². The Labute approximate surface area is 323 Å². The van der Waals surface area contributed by atoms with Crippen LogP contribution in [0, 0.1) is 11.6 Å². The number of piperazine rings is 1. The number of anilines is 3. The van der Waals surface area contributed by atoms with Crippen LogP contribution in [0.1, 0.15) is 40.7 Å². The van der Waals surface area contributed by atoms with Gasteiger partial charge < -0.3 is 29.9 Å². The van der Waals surface area contributed by atoms with Crippen molar-refractivity contribution in [3.05, 3.63) is 83.1 Å². The summed E-state index contributed by atoms with van der Waals surface area (Å²) in [6.07, 6.45) is -1.83. The lowest BCUT2D eigenvalue weighted by Crippen LogP contribution is -2.57. The molecule has 0 spiro atoms. The van der Waals surface area contributed by atoms with Crippen LogP contribution in [-0.2, 0) is 22.7 Å². The van der Waals surface area contributed by atoms with Gasteiger partial charge in [0.1, 0.15) is 17.7 Å². The van der Waals surface area contributed by atoms with Gasteiger partial charge >= 0.3 is 0 Å². The van der Waals surface area contributed by atoms with Crippen molar-refractivity contribution in [2.45, 2.75) is 56.5 Å². The van der Waals surface area contributed by atoms with E-state index in [9.17, 15) is 32.7 Å². The van der Waals surface area contributed by atoms with Crippen LogP contribution in [-0.4, -0.2) is 111 Å². The molecule has 2 aromatic carbocycles. The van der Waals surface area contributed by atoms with Gasteiger partial charge in [0.05, 0.1) is 17.9 Å². The van der Waals surface area contributed by atoms with Crippen molar-refractivity contribution in [2.75, 3.05) is 54.4 Å². The second kappa shape index (κ2) is 14.2. The molecule has 3 atom stereocenters. The average molecular weight is 788 g/mol. The molecular formula is C39H37F4N9O5.